The van der Waals surface area contributed by atoms with Gasteiger partial charge in [0.25, 0.3) is 5.69 Å². The predicted molar refractivity (Wildman–Crippen MR) is 71.4 cm³/mol. The van der Waals surface area contributed by atoms with Crippen LogP contribution >= 0.6 is 11.8 Å². The SMILES string of the molecule is COc1nc(NN)nc(Sc2ccc([N+](=O)[O-])cc2)n1. The van der Waals surface area contributed by atoms with Gasteiger partial charge in [-0.1, -0.05) is 0 Å². The summed E-state index contributed by atoms with van der Waals surface area (Å²) in [7, 11) is 1.43. The van der Waals surface area contributed by atoms with Gasteiger partial charge in [-0.05, 0) is 23.9 Å². The molecule has 2 rings (SSSR count). The third kappa shape index (κ3) is 3.30. The second kappa shape index (κ2) is 6.12. The first-order chi connectivity index (χ1) is 9.62. The number of aromatic nitrogens is 3. The van der Waals surface area contributed by atoms with Gasteiger partial charge in [0, 0.05) is 17.0 Å². The Morgan fingerprint density at radius 1 is 1.30 bits per heavy atom. The summed E-state index contributed by atoms with van der Waals surface area (Å²) in [5.74, 6) is 5.41. The maximum atomic E-state index is 10.6. The zero-order valence-corrected chi connectivity index (χ0v) is 11.1. The van der Waals surface area contributed by atoms with E-state index in [0.29, 0.717) is 5.16 Å². The first-order valence-electron chi connectivity index (χ1n) is 5.31. The first kappa shape index (κ1) is 14.0. The molecule has 1 aromatic heterocycles. The Morgan fingerprint density at radius 2 is 2.00 bits per heavy atom. The number of nitrogens with two attached hydrogens (primary N) is 1. The molecule has 0 atom stereocenters. The van der Waals surface area contributed by atoms with E-state index in [-0.39, 0.29) is 17.6 Å². The van der Waals surface area contributed by atoms with Crippen molar-refractivity contribution >= 4 is 23.4 Å². The van der Waals surface area contributed by atoms with Gasteiger partial charge in [0.1, 0.15) is 0 Å². The molecule has 2 aromatic rings. The third-order valence-corrected chi connectivity index (χ3v) is 3.04. The number of ether oxygens (including phenoxy) is 1. The monoisotopic (exact) mass is 294 g/mol. The molecule has 0 aliphatic heterocycles. The van der Waals surface area contributed by atoms with Gasteiger partial charge in [0.2, 0.25) is 11.1 Å². The zero-order chi connectivity index (χ0) is 14.5. The van der Waals surface area contributed by atoms with Crippen LogP contribution in [0.2, 0.25) is 0 Å². The van der Waals surface area contributed by atoms with E-state index in [4.69, 9.17) is 10.6 Å². The van der Waals surface area contributed by atoms with E-state index in [1.54, 1.807) is 12.1 Å². The van der Waals surface area contributed by atoms with E-state index in [2.05, 4.69) is 20.4 Å². The molecule has 10 heteroatoms. The molecule has 0 spiro atoms. The van der Waals surface area contributed by atoms with Gasteiger partial charge in [0.15, 0.2) is 0 Å². The number of non-ortho nitro benzene ring substituents is 1. The lowest BCUT2D eigenvalue weighted by Crippen LogP contribution is -2.12. The summed E-state index contributed by atoms with van der Waals surface area (Å²) in [5, 5.41) is 10.9. The second-order valence-electron chi connectivity index (χ2n) is 3.43. The number of hydrogen-bond acceptors (Lipinski definition) is 9. The van der Waals surface area contributed by atoms with Crippen molar-refractivity contribution in [2.45, 2.75) is 10.1 Å². The number of nitrogens with one attached hydrogen (secondary N) is 1. The van der Waals surface area contributed by atoms with Crippen molar-refractivity contribution in [2.24, 2.45) is 5.84 Å². The second-order valence-corrected chi connectivity index (χ2v) is 4.47. The topological polar surface area (TPSA) is 129 Å². The summed E-state index contributed by atoms with van der Waals surface area (Å²) in [6.07, 6.45) is 0. The normalized spacial score (nSPS) is 10.1. The number of nitrogen functional groups attached to an aromatic ring is 1. The first-order valence-corrected chi connectivity index (χ1v) is 6.13. The Kier molecular flexibility index (Phi) is 4.27. The molecular formula is C10H10N6O3S. The lowest BCUT2D eigenvalue weighted by Gasteiger charge is -2.04. The summed E-state index contributed by atoms with van der Waals surface area (Å²) >= 11 is 1.21. The molecule has 20 heavy (non-hydrogen) atoms. The fourth-order valence-electron chi connectivity index (χ4n) is 1.28. The zero-order valence-electron chi connectivity index (χ0n) is 10.3. The minimum atomic E-state index is -0.461. The third-order valence-electron chi connectivity index (χ3n) is 2.16. The number of hydrogen-bond donors (Lipinski definition) is 2. The van der Waals surface area contributed by atoms with Crippen molar-refractivity contribution in [2.75, 3.05) is 12.5 Å². The molecule has 3 N–H and O–H groups in total. The quantitative estimate of drug-likeness (QED) is 0.475. The number of anilines is 1. The molecule has 0 bridgehead atoms. The van der Waals surface area contributed by atoms with Gasteiger partial charge in [-0.2, -0.15) is 15.0 Å². The molecule has 0 amide bonds. The van der Waals surface area contributed by atoms with Crippen molar-refractivity contribution in [3.8, 4) is 6.01 Å². The van der Waals surface area contributed by atoms with Gasteiger partial charge < -0.3 is 4.74 Å². The summed E-state index contributed by atoms with van der Waals surface area (Å²) in [4.78, 5) is 22.8. The molecule has 9 nitrogen and oxygen atoms in total. The number of rotatable bonds is 5. The summed E-state index contributed by atoms with van der Waals surface area (Å²) in [5.41, 5.74) is 2.33. The van der Waals surface area contributed by atoms with Gasteiger partial charge in [-0.15, -0.1) is 0 Å². The van der Waals surface area contributed by atoms with Crippen molar-refractivity contribution in [1.29, 1.82) is 0 Å². The van der Waals surface area contributed by atoms with E-state index in [1.165, 1.54) is 31.0 Å². The maximum Gasteiger partial charge on any atom is 0.322 e. The fourth-order valence-corrected chi connectivity index (χ4v) is 2.02. The highest BCUT2D eigenvalue weighted by atomic mass is 32.2. The minimum absolute atomic E-state index is 0.0203. The van der Waals surface area contributed by atoms with Gasteiger partial charge in [0.05, 0.1) is 12.0 Å². The number of nitro benzene ring substituents is 1. The molecule has 1 heterocycles. The lowest BCUT2D eigenvalue weighted by atomic mass is 10.3. The Balaban J connectivity index is 2.22. The molecule has 0 radical (unpaired) electrons. The number of benzene rings is 1. The van der Waals surface area contributed by atoms with Crippen LogP contribution in [0.3, 0.4) is 0 Å². The maximum absolute atomic E-state index is 10.6. The van der Waals surface area contributed by atoms with Crippen molar-refractivity contribution in [3.63, 3.8) is 0 Å². The van der Waals surface area contributed by atoms with E-state index in [0.717, 1.165) is 4.90 Å². The smallest absolute Gasteiger partial charge is 0.322 e. The summed E-state index contributed by atoms with van der Waals surface area (Å²) in [6, 6.07) is 6.15. The molecule has 104 valence electrons. The number of nitro groups is 1. The van der Waals surface area contributed by atoms with Crippen LogP contribution in [0, 0.1) is 10.1 Å². The Hall–Kier alpha value is -2.46. The van der Waals surface area contributed by atoms with Gasteiger partial charge >= 0.3 is 6.01 Å². The van der Waals surface area contributed by atoms with E-state index < -0.39 is 4.92 Å². The molecular weight excluding hydrogens is 284 g/mol. The summed E-state index contributed by atoms with van der Waals surface area (Å²) < 4.78 is 4.93. The fraction of sp³-hybridized carbons (Fsp3) is 0.100. The molecule has 0 saturated carbocycles. The highest BCUT2D eigenvalue weighted by molar-refractivity contribution is 7.99. The highest BCUT2D eigenvalue weighted by Gasteiger charge is 2.09. The molecule has 0 fully saturated rings. The predicted octanol–water partition coefficient (Wildman–Crippen LogP) is 1.23. The van der Waals surface area contributed by atoms with Gasteiger partial charge in [-0.3, -0.25) is 15.5 Å². The Bertz CT molecular complexity index is 599. The van der Waals surface area contributed by atoms with Crippen molar-refractivity contribution < 1.29 is 9.66 Å². The van der Waals surface area contributed by atoms with Crippen LogP contribution in [0.15, 0.2) is 34.3 Å². The molecule has 0 aliphatic carbocycles. The molecule has 0 aliphatic rings. The van der Waals surface area contributed by atoms with Crippen molar-refractivity contribution in [3.05, 3.63) is 34.4 Å². The average Bonchev–Trinajstić information content (AvgIpc) is 2.47. The van der Waals surface area contributed by atoms with Crippen LogP contribution in [0.5, 0.6) is 6.01 Å². The average molecular weight is 294 g/mol. The lowest BCUT2D eigenvalue weighted by molar-refractivity contribution is -0.384. The van der Waals surface area contributed by atoms with E-state index in [9.17, 15) is 10.1 Å². The Morgan fingerprint density at radius 3 is 2.55 bits per heavy atom. The van der Waals surface area contributed by atoms with E-state index in [1.807, 2.05) is 0 Å². The molecule has 1 aromatic carbocycles. The van der Waals surface area contributed by atoms with Crippen LogP contribution in [-0.2, 0) is 0 Å². The van der Waals surface area contributed by atoms with Gasteiger partial charge in [-0.25, -0.2) is 5.84 Å². The van der Waals surface area contributed by atoms with Crippen LogP contribution in [0.25, 0.3) is 0 Å². The minimum Gasteiger partial charge on any atom is -0.467 e. The molecule has 0 unspecified atom stereocenters. The van der Waals surface area contributed by atoms with Crippen LogP contribution in [0.4, 0.5) is 11.6 Å². The highest BCUT2D eigenvalue weighted by Crippen LogP contribution is 2.27. The number of nitrogens with zero attached hydrogens (tertiary/aromatic N) is 4. The summed E-state index contributed by atoms with van der Waals surface area (Å²) in [6.45, 7) is 0. The number of hydrazine groups is 1. The van der Waals surface area contributed by atoms with Crippen LogP contribution in [-0.4, -0.2) is 27.0 Å². The number of methoxy groups -OCH3 is 1. The van der Waals surface area contributed by atoms with E-state index >= 15 is 0 Å². The Labute approximate surface area is 117 Å². The molecule has 0 saturated heterocycles. The van der Waals surface area contributed by atoms with Crippen LogP contribution < -0.4 is 16.0 Å². The van der Waals surface area contributed by atoms with Crippen molar-refractivity contribution in [1.82, 2.24) is 15.0 Å². The standard InChI is InChI=1S/C10H10N6O3S/c1-19-9-12-8(15-11)13-10(14-9)20-7-4-2-6(3-5-7)16(17)18/h2-5H,11H2,1H3,(H,12,13,14,15). The van der Waals surface area contributed by atoms with Crippen LogP contribution in [0.1, 0.15) is 0 Å². The largest absolute Gasteiger partial charge is 0.467 e.